The Hall–Kier alpha value is -1.23. The SMILES string of the molecule is CCCNC(c1cncc(OC)c1)C(F)F. The van der Waals surface area contributed by atoms with Crippen LogP contribution in [0.2, 0.25) is 0 Å². The van der Waals surface area contributed by atoms with Crippen molar-refractivity contribution in [2.75, 3.05) is 13.7 Å². The normalized spacial score (nSPS) is 12.8. The highest BCUT2D eigenvalue weighted by Crippen LogP contribution is 2.22. The van der Waals surface area contributed by atoms with E-state index in [2.05, 4.69) is 10.3 Å². The Morgan fingerprint density at radius 2 is 2.19 bits per heavy atom. The highest BCUT2D eigenvalue weighted by Gasteiger charge is 2.22. The van der Waals surface area contributed by atoms with E-state index < -0.39 is 12.5 Å². The smallest absolute Gasteiger partial charge is 0.257 e. The van der Waals surface area contributed by atoms with Gasteiger partial charge in [-0.3, -0.25) is 4.98 Å². The fourth-order valence-corrected chi connectivity index (χ4v) is 1.37. The molecule has 1 aromatic heterocycles. The maximum Gasteiger partial charge on any atom is 0.257 e. The average molecular weight is 230 g/mol. The molecule has 0 saturated carbocycles. The molecule has 1 aromatic rings. The summed E-state index contributed by atoms with van der Waals surface area (Å²) in [6.45, 7) is 2.48. The summed E-state index contributed by atoms with van der Waals surface area (Å²) in [6.07, 6.45) is 1.27. The molecule has 1 unspecified atom stereocenters. The van der Waals surface area contributed by atoms with E-state index >= 15 is 0 Å². The molecular formula is C11H16F2N2O. The highest BCUT2D eigenvalue weighted by atomic mass is 19.3. The molecule has 0 saturated heterocycles. The van der Waals surface area contributed by atoms with Gasteiger partial charge in [-0.15, -0.1) is 0 Å². The Balaban J connectivity index is 2.82. The van der Waals surface area contributed by atoms with Gasteiger partial charge >= 0.3 is 0 Å². The lowest BCUT2D eigenvalue weighted by Crippen LogP contribution is -2.28. The van der Waals surface area contributed by atoms with Crippen molar-refractivity contribution in [3.8, 4) is 5.75 Å². The van der Waals surface area contributed by atoms with Gasteiger partial charge in [0, 0.05) is 6.20 Å². The van der Waals surface area contributed by atoms with Crippen molar-refractivity contribution in [3.63, 3.8) is 0 Å². The van der Waals surface area contributed by atoms with Gasteiger partial charge in [-0.05, 0) is 24.6 Å². The monoisotopic (exact) mass is 230 g/mol. The van der Waals surface area contributed by atoms with Gasteiger partial charge in [0.05, 0.1) is 19.3 Å². The van der Waals surface area contributed by atoms with Crippen molar-refractivity contribution in [2.24, 2.45) is 0 Å². The first kappa shape index (κ1) is 12.8. The number of ether oxygens (including phenoxy) is 1. The molecule has 16 heavy (non-hydrogen) atoms. The molecule has 0 spiro atoms. The number of halogens is 2. The second-order valence-corrected chi connectivity index (χ2v) is 3.42. The molecule has 5 heteroatoms. The van der Waals surface area contributed by atoms with E-state index in [0.717, 1.165) is 6.42 Å². The van der Waals surface area contributed by atoms with Gasteiger partial charge in [0.15, 0.2) is 0 Å². The molecule has 0 aliphatic heterocycles. The summed E-state index contributed by atoms with van der Waals surface area (Å²) in [7, 11) is 1.48. The van der Waals surface area contributed by atoms with Gasteiger partial charge < -0.3 is 10.1 Å². The van der Waals surface area contributed by atoms with Gasteiger partial charge in [0.1, 0.15) is 5.75 Å². The molecule has 1 heterocycles. The van der Waals surface area contributed by atoms with Crippen LogP contribution in [0.15, 0.2) is 18.5 Å². The molecule has 0 aliphatic rings. The number of pyridine rings is 1. The standard InChI is InChI=1S/C11H16F2N2O/c1-3-4-15-10(11(12)13)8-5-9(16-2)7-14-6-8/h5-7,10-11,15H,3-4H2,1-2H3. The molecule has 1 N–H and O–H groups in total. The molecule has 0 bridgehead atoms. The maximum absolute atomic E-state index is 12.8. The number of hydrogen-bond acceptors (Lipinski definition) is 3. The fourth-order valence-electron chi connectivity index (χ4n) is 1.37. The highest BCUT2D eigenvalue weighted by molar-refractivity contribution is 5.26. The van der Waals surface area contributed by atoms with Crippen LogP contribution in [0, 0.1) is 0 Å². The Morgan fingerprint density at radius 1 is 1.44 bits per heavy atom. The molecule has 0 amide bonds. The van der Waals surface area contributed by atoms with Crippen molar-refractivity contribution < 1.29 is 13.5 Å². The van der Waals surface area contributed by atoms with Gasteiger partial charge in [-0.2, -0.15) is 0 Å². The van der Waals surface area contributed by atoms with Crippen LogP contribution in [0.25, 0.3) is 0 Å². The Kier molecular flexibility index (Phi) is 5.11. The number of rotatable bonds is 6. The number of alkyl halides is 2. The van der Waals surface area contributed by atoms with Gasteiger partial charge in [0.2, 0.25) is 0 Å². The minimum atomic E-state index is -2.46. The van der Waals surface area contributed by atoms with Crippen LogP contribution >= 0.6 is 0 Å². The lowest BCUT2D eigenvalue weighted by atomic mass is 10.1. The maximum atomic E-state index is 12.8. The summed E-state index contributed by atoms with van der Waals surface area (Å²) in [4.78, 5) is 3.87. The molecule has 0 aromatic carbocycles. The van der Waals surface area contributed by atoms with Gasteiger partial charge in [0.25, 0.3) is 6.43 Å². The predicted octanol–water partition coefficient (Wildman–Crippen LogP) is 2.40. The second kappa shape index (κ2) is 6.37. The van der Waals surface area contributed by atoms with E-state index in [-0.39, 0.29) is 0 Å². The molecule has 0 aliphatic carbocycles. The van der Waals surface area contributed by atoms with Crippen LogP contribution in [0.1, 0.15) is 24.9 Å². The largest absolute Gasteiger partial charge is 0.495 e. The van der Waals surface area contributed by atoms with Crippen LogP contribution in [0.3, 0.4) is 0 Å². The van der Waals surface area contributed by atoms with Gasteiger partial charge in [-0.1, -0.05) is 6.92 Å². The minimum absolute atomic E-state index is 0.447. The van der Waals surface area contributed by atoms with E-state index in [4.69, 9.17) is 4.74 Å². The van der Waals surface area contributed by atoms with Crippen molar-refractivity contribution in [1.82, 2.24) is 10.3 Å². The summed E-state index contributed by atoms with van der Waals surface area (Å²) in [5.74, 6) is 0.487. The van der Waals surface area contributed by atoms with Crippen LogP contribution < -0.4 is 10.1 Å². The number of methoxy groups -OCH3 is 1. The summed E-state index contributed by atoms with van der Waals surface area (Å²) in [5.41, 5.74) is 0.447. The Morgan fingerprint density at radius 3 is 2.75 bits per heavy atom. The van der Waals surface area contributed by atoms with E-state index in [0.29, 0.717) is 17.9 Å². The van der Waals surface area contributed by atoms with Crippen molar-refractivity contribution in [1.29, 1.82) is 0 Å². The first-order chi connectivity index (χ1) is 7.69. The molecule has 1 rings (SSSR count). The fraction of sp³-hybridized carbons (Fsp3) is 0.545. The zero-order chi connectivity index (χ0) is 12.0. The molecule has 1 atom stereocenters. The van der Waals surface area contributed by atoms with E-state index in [1.807, 2.05) is 6.92 Å². The van der Waals surface area contributed by atoms with E-state index in [9.17, 15) is 8.78 Å². The molecular weight excluding hydrogens is 214 g/mol. The minimum Gasteiger partial charge on any atom is -0.495 e. The summed E-state index contributed by atoms with van der Waals surface area (Å²) in [5, 5.41) is 2.79. The van der Waals surface area contributed by atoms with E-state index in [1.165, 1.54) is 19.5 Å². The third-order valence-electron chi connectivity index (χ3n) is 2.20. The quantitative estimate of drug-likeness (QED) is 0.814. The van der Waals surface area contributed by atoms with Gasteiger partial charge in [-0.25, -0.2) is 8.78 Å². The van der Waals surface area contributed by atoms with Crippen molar-refractivity contribution in [3.05, 3.63) is 24.0 Å². The predicted molar refractivity (Wildman–Crippen MR) is 57.8 cm³/mol. The van der Waals surface area contributed by atoms with Crippen LogP contribution in [0.5, 0.6) is 5.75 Å². The molecule has 3 nitrogen and oxygen atoms in total. The molecule has 90 valence electrons. The lowest BCUT2D eigenvalue weighted by molar-refractivity contribution is 0.0982. The van der Waals surface area contributed by atoms with Crippen LogP contribution in [0.4, 0.5) is 8.78 Å². The number of nitrogens with one attached hydrogen (secondary N) is 1. The zero-order valence-corrected chi connectivity index (χ0v) is 9.41. The Bertz CT molecular complexity index is 321. The number of nitrogens with zero attached hydrogens (tertiary/aromatic N) is 1. The first-order valence-electron chi connectivity index (χ1n) is 5.19. The second-order valence-electron chi connectivity index (χ2n) is 3.42. The zero-order valence-electron chi connectivity index (χ0n) is 9.41. The molecule has 0 fully saturated rings. The summed E-state index contributed by atoms with van der Waals surface area (Å²) in [6, 6.07) is 0.592. The summed E-state index contributed by atoms with van der Waals surface area (Å²) >= 11 is 0. The topological polar surface area (TPSA) is 34.2 Å². The van der Waals surface area contributed by atoms with Crippen LogP contribution in [-0.2, 0) is 0 Å². The lowest BCUT2D eigenvalue weighted by Gasteiger charge is -2.17. The van der Waals surface area contributed by atoms with Crippen molar-refractivity contribution >= 4 is 0 Å². The van der Waals surface area contributed by atoms with Crippen LogP contribution in [-0.4, -0.2) is 25.1 Å². The Labute approximate surface area is 93.8 Å². The average Bonchev–Trinajstić information content (AvgIpc) is 2.29. The van der Waals surface area contributed by atoms with Crippen molar-refractivity contribution in [2.45, 2.75) is 25.8 Å². The number of aromatic nitrogens is 1. The molecule has 0 radical (unpaired) electrons. The third kappa shape index (κ3) is 3.41. The third-order valence-corrected chi connectivity index (χ3v) is 2.20. The number of hydrogen-bond donors (Lipinski definition) is 1. The van der Waals surface area contributed by atoms with E-state index in [1.54, 1.807) is 6.07 Å². The first-order valence-corrected chi connectivity index (χ1v) is 5.19. The summed E-state index contributed by atoms with van der Waals surface area (Å²) < 4.78 is 30.6.